The molecule has 7 nitrogen and oxygen atoms in total. The molecule has 7 heteroatoms. The first-order valence-electron chi connectivity index (χ1n) is 7.29. The van der Waals surface area contributed by atoms with Crippen LogP contribution in [-0.2, 0) is 0 Å². The zero-order chi connectivity index (χ0) is 16.5. The number of pyridine rings is 1. The Balaban J connectivity index is 1.85. The van der Waals surface area contributed by atoms with Gasteiger partial charge in [0.2, 0.25) is 0 Å². The van der Waals surface area contributed by atoms with Gasteiger partial charge in [0.25, 0.3) is 5.56 Å². The maximum Gasteiger partial charge on any atom is 0.298 e. The zero-order valence-corrected chi connectivity index (χ0v) is 12.8. The van der Waals surface area contributed by atoms with Crippen LogP contribution in [0.3, 0.4) is 0 Å². The van der Waals surface area contributed by atoms with E-state index in [1.165, 1.54) is 17.2 Å². The lowest BCUT2D eigenvalue weighted by molar-refractivity contribution is 0.415. The lowest BCUT2D eigenvalue weighted by Crippen LogP contribution is -2.17. The fourth-order valence-electron chi connectivity index (χ4n) is 2.51. The van der Waals surface area contributed by atoms with Crippen molar-refractivity contribution in [3.63, 3.8) is 0 Å². The molecule has 0 amide bonds. The number of benzene rings is 1. The Kier molecular flexibility index (Phi) is 3.31. The van der Waals surface area contributed by atoms with Gasteiger partial charge in [-0.25, -0.2) is 4.98 Å². The van der Waals surface area contributed by atoms with E-state index in [2.05, 4.69) is 20.1 Å². The molecule has 0 unspecified atom stereocenters. The van der Waals surface area contributed by atoms with Crippen molar-refractivity contribution in [2.45, 2.75) is 0 Å². The highest BCUT2D eigenvalue weighted by Crippen LogP contribution is 2.25. The molecule has 0 aliphatic carbocycles. The number of nitrogens with zero attached hydrogens (tertiary/aromatic N) is 4. The number of fused-ring (bicyclic) bond motifs is 3. The number of methoxy groups -OCH3 is 1. The van der Waals surface area contributed by atoms with Gasteiger partial charge in [-0.15, -0.1) is 0 Å². The van der Waals surface area contributed by atoms with Crippen LogP contribution in [-0.4, -0.2) is 33.0 Å². The predicted molar refractivity (Wildman–Crippen MR) is 91.6 cm³/mol. The Morgan fingerprint density at radius 1 is 1.25 bits per heavy atom. The van der Waals surface area contributed by atoms with E-state index in [0.29, 0.717) is 22.5 Å². The Morgan fingerprint density at radius 2 is 2.17 bits per heavy atom. The monoisotopic (exact) mass is 319 g/mol. The highest BCUT2D eigenvalue weighted by Gasteiger charge is 2.11. The molecule has 0 saturated heterocycles. The van der Waals surface area contributed by atoms with Crippen LogP contribution in [0.1, 0.15) is 5.69 Å². The van der Waals surface area contributed by atoms with Gasteiger partial charge in [-0.3, -0.25) is 9.78 Å². The van der Waals surface area contributed by atoms with E-state index in [1.54, 1.807) is 19.4 Å². The Hall–Kier alpha value is -3.48. The summed E-state index contributed by atoms with van der Waals surface area (Å²) in [7, 11) is 1.60. The van der Waals surface area contributed by atoms with E-state index in [1.807, 2.05) is 30.3 Å². The van der Waals surface area contributed by atoms with Gasteiger partial charge in [-0.1, -0.05) is 6.07 Å². The number of aromatic amines is 1. The van der Waals surface area contributed by atoms with Crippen LogP contribution in [0, 0.1) is 0 Å². The van der Waals surface area contributed by atoms with Crippen LogP contribution in [0.25, 0.3) is 21.9 Å². The summed E-state index contributed by atoms with van der Waals surface area (Å²) in [5, 5.41) is 4.97. The van der Waals surface area contributed by atoms with Gasteiger partial charge in [-0.05, 0) is 30.3 Å². The van der Waals surface area contributed by atoms with E-state index in [-0.39, 0.29) is 5.56 Å². The van der Waals surface area contributed by atoms with Crippen molar-refractivity contribution in [1.29, 1.82) is 0 Å². The first-order chi connectivity index (χ1) is 11.8. The van der Waals surface area contributed by atoms with Crippen molar-refractivity contribution in [2.75, 3.05) is 7.11 Å². The molecular formula is C17H13N5O2. The molecule has 3 heterocycles. The molecule has 0 fully saturated rings. The molecule has 1 N–H and O–H groups in total. The van der Waals surface area contributed by atoms with Crippen LogP contribution in [0.15, 0.2) is 58.8 Å². The maximum absolute atomic E-state index is 12.6. The van der Waals surface area contributed by atoms with Crippen molar-refractivity contribution in [2.24, 2.45) is 5.10 Å². The molecule has 0 atom stereocenters. The molecule has 118 valence electrons. The highest BCUT2D eigenvalue weighted by atomic mass is 16.5. The SMILES string of the molecule is COc1ccc2[nH]c3c(=O)n(N=Cc4ccccn4)cnc3c2c1. The predicted octanol–water partition coefficient (Wildman–Crippen LogP) is 2.16. The number of aromatic nitrogens is 4. The summed E-state index contributed by atoms with van der Waals surface area (Å²) in [4.78, 5) is 24.2. The van der Waals surface area contributed by atoms with Crippen LogP contribution in [0.4, 0.5) is 0 Å². The second-order valence-corrected chi connectivity index (χ2v) is 5.15. The normalized spacial score (nSPS) is 11.5. The Labute approximate surface area is 136 Å². The summed E-state index contributed by atoms with van der Waals surface area (Å²) in [6.45, 7) is 0. The molecule has 24 heavy (non-hydrogen) atoms. The number of ether oxygens (including phenoxy) is 1. The minimum atomic E-state index is -0.276. The first kappa shape index (κ1) is 14.1. The van der Waals surface area contributed by atoms with Gasteiger partial charge >= 0.3 is 0 Å². The third-order valence-corrected chi connectivity index (χ3v) is 3.70. The highest BCUT2D eigenvalue weighted by molar-refractivity contribution is 6.04. The van der Waals surface area contributed by atoms with Crippen molar-refractivity contribution in [3.05, 3.63) is 65.0 Å². The fraction of sp³-hybridized carbons (Fsp3) is 0.0588. The third kappa shape index (κ3) is 2.32. The molecular weight excluding hydrogens is 306 g/mol. The van der Waals surface area contributed by atoms with Gasteiger partial charge in [0.05, 0.1) is 19.0 Å². The average Bonchev–Trinajstić information content (AvgIpc) is 3.00. The summed E-state index contributed by atoms with van der Waals surface area (Å²) in [6.07, 6.45) is 4.58. The quantitative estimate of drug-likeness (QED) is 0.586. The fourth-order valence-corrected chi connectivity index (χ4v) is 2.51. The van der Waals surface area contributed by atoms with Gasteiger partial charge in [0, 0.05) is 17.1 Å². The number of rotatable bonds is 3. The Morgan fingerprint density at radius 3 is 2.96 bits per heavy atom. The van der Waals surface area contributed by atoms with Crippen molar-refractivity contribution < 1.29 is 4.74 Å². The molecule has 4 aromatic rings. The number of H-pyrrole nitrogens is 1. The average molecular weight is 319 g/mol. The van der Waals surface area contributed by atoms with Gasteiger partial charge in [0.15, 0.2) is 0 Å². The number of hydrogen-bond acceptors (Lipinski definition) is 5. The third-order valence-electron chi connectivity index (χ3n) is 3.70. The van der Waals surface area contributed by atoms with Crippen molar-refractivity contribution in [3.8, 4) is 5.75 Å². The van der Waals surface area contributed by atoms with Crippen LogP contribution in [0.5, 0.6) is 5.75 Å². The van der Waals surface area contributed by atoms with E-state index in [0.717, 1.165) is 10.9 Å². The second kappa shape index (κ2) is 5.62. The van der Waals surface area contributed by atoms with E-state index >= 15 is 0 Å². The topological polar surface area (TPSA) is 85.2 Å². The van der Waals surface area contributed by atoms with Crippen LogP contribution >= 0.6 is 0 Å². The summed E-state index contributed by atoms with van der Waals surface area (Å²) < 4.78 is 6.41. The number of nitrogens with one attached hydrogen (secondary N) is 1. The van der Waals surface area contributed by atoms with E-state index in [9.17, 15) is 4.79 Å². The summed E-state index contributed by atoms with van der Waals surface area (Å²) in [5.74, 6) is 0.711. The largest absolute Gasteiger partial charge is 0.497 e. The second-order valence-electron chi connectivity index (χ2n) is 5.15. The van der Waals surface area contributed by atoms with Crippen molar-refractivity contribution in [1.82, 2.24) is 19.6 Å². The molecule has 0 saturated carbocycles. The zero-order valence-electron chi connectivity index (χ0n) is 12.8. The van der Waals surface area contributed by atoms with E-state index in [4.69, 9.17) is 4.74 Å². The van der Waals surface area contributed by atoms with Gasteiger partial charge < -0.3 is 9.72 Å². The van der Waals surface area contributed by atoms with Crippen molar-refractivity contribution >= 4 is 28.2 Å². The molecule has 3 aromatic heterocycles. The van der Waals surface area contributed by atoms with Crippen LogP contribution < -0.4 is 10.3 Å². The summed E-state index contributed by atoms with van der Waals surface area (Å²) in [6, 6.07) is 11.0. The minimum absolute atomic E-state index is 0.276. The van der Waals surface area contributed by atoms with E-state index < -0.39 is 0 Å². The minimum Gasteiger partial charge on any atom is -0.497 e. The molecule has 0 bridgehead atoms. The molecule has 0 aliphatic rings. The summed E-state index contributed by atoms with van der Waals surface area (Å²) >= 11 is 0. The lowest BCUT2D eigenvalue weighted by atomic mass is 10.2. The molecule has 0 aliphatic heterocycles. The molecule has 4 rings (SSSR count). The maximum atomic E-state index is 12.6. The number of hydrogen-bond donors (Lipinski definition) is 1. The summed E-state index contributed by atoms with van der Waals surface area (Å²) in [5.41, 5.74) is 2.20. The molecule has 0 radical (unpaired) electrons. The van der Waals surface area contributed by atoms with Gasteiger partial charge in [-0.2, -0.15) is 9.78 Å². The molecule has 1 aromatic carbocycles. The van der Waals surface area contributed by atoms with Gasteiger partial charge in [0.1, 0.15) is 23.1 Å². The smallest absolute Gasteiger partial charge is 0.298 e. The Bertz CT molecular complexity index is 1110. The standard InChI is InChI=1S/C17H13N5O2/c1-24-12-5-6-14-13(8-12)15-16(21-14)17(23)22(10-19-15)20-9-11-4-2-3-7-18-11/h2-10,21H,1H3. The lowest BCUT2D eigenvalue weighted by Gasteiger charge is -1.99. The first-order valence-corrected chi connectivity index (χ1v) is 7.29. The van der Waals surface area contributed by atoms with Crippen LogP contribution in [0.2, 0.25) is 0 Å². The molecule has 0 spiro atoms.